The summed E-state index contributed by atoms with van der Waals surface area (Å²) in [6, 6.07) is -0.552. The Morgan fingerprint density at radius 3 is 2.77 bits per heavy atom. The molecule has 1 saturated carbocycles. The number of methoxy groups -OCH3 is 1. The molecule has 4 atom stereocenters. The van der Waals surface area contributed by atoms with Crippen LogP contribution in [0, 0.1) is 25.3 Å². The van der Waals surface area contributed by atoms with Gasteiger partial charge in [0.05, 0.1) is 12.8 Å². The Balaban J connectivity index is 2.17. The summed E-state index contributed by atoms with van der Waals surface area (Å²) in [6.45, 7) is 13.3. The summed E-state index contributed by atoms with van der Waals surface area (Å²) < 4.78 is 5.44. The molecule has 2 aliphatic carbocycles. The van der Waals surface area contributed by atoms with Gasteiger partial charge in [0, 0.05) is 23.3 Å². The molecule has 116 valence electrons. The Morgan fingerprint density at radius 2 is 2.14 bits per heavy atom. The standard InChI is InChI=1S/C17H21N3O2/c1-9-12-7-6-11-15(19-10(2)20-16(11)22-5)17(12,3)8-13(18-4)14(9)21/h9,12-13H,6-8H2,1-3,5H3/t9-,12-,13?,17-/m0/s1. The minimum Gasteiger partial charge on any atom is -0.481 e. The van der Waals surface area contributed by atoms with E-state index in [9.17, 15) is 4.79 Å². The van der Waals surface area contributed by atoms with Crippen LogP contribution >= 0.6 is 0 Å². The summed E-state index contributed by atoms with van der Waals surface area (Å²) in [5.41, 5.74) is 1.79. The number of aromatic nitrogens is 2. The number of carbonyl (C=O) groups is 1. The van der Waals surface area contributed by atoms with E-state index in [1.165, 1.54) is 0 Å². The van der Waals surface area contributed by atoms with Gasteiger partial charge < -0.3 is 9.58 Å². The van der Waals surface area contributed by atoms with Crippen LogP contribution in [0.3, 0.4) is 0 Å². The molecule has 3 rings (SSSR count). The largest absolute Gasteiger partial charge is 0.481 e. The molecular weight excluding hydrogens is 278 g/mol. The van der Waals surface area contributed by atoms with Gasteiger partial charge in [0.25, 0.3) is 6.04 Å². The van der Waals surface area contributed by atoms with Gasteiger partial charge in [-0.15, -0.1) is 0 Å². The van der Waals surface area contributed by atoms with Crippen LogP contribution in [0.4, 0.5) is 0 Å². The van der Waals surface area contributed by atoms with E-state index in [-0.39, 0.29) is 23.0 Å². The summed E-state index contributed by atoms with van der Waals surface area (Å²) in [6.07, 6.45) is 2.31. The van der Waals surface area contributed by atoms with Crippen molar-refractivity contribution in [1.82, 2.24) is 9.97 Å². The van der Waals surface area contributed by atoms with Crippen LogP contribution in [-0.2, 0) is 16.6 Å². The van der Waals surface area contributed by atoms with E-state index in [2.05, 4.69) is 16.8 Å². The van der Waals surface area contributed by atoms with Gasteiger partial charge in [-0.2, -0.15) is 4.98 Å². The highest BCUT2D eigenvalue weighted by atomic mass is 16.5. The topological polar surface area (TPSA) is 56.4 Å². The quantitative estimate of drug-likeness (QED) is 0.748. The van der Waals surface area contributed by atoms with Gasteiger partial charge in [-0.3, -0.25) is 4.79 Å². The van der Waals surface area contributed by atoms with Crippen molar-refractivity contribution in [1.29, 1.82) is 0 Å². The lowest BCUT2D eigenvalue weighted by Crippen LogP contribution is -2.52. The van der Waals surface area contributed by atoms with Crippen molar-refractivity contribution < 1.29 is 9.53 Å². The molecule has 1 fully saturated rings. The van der Waals surface area contributed by atoms with Crippen LogP contribution in [0.5, 0.6) is 5.88 Å². The average Bonchev–Trinajstić information content (AvgIpc) is 2.50. The molecule has 5 nitrogen and oxygen atoms in total. The molecule has 0 aromatic carbocycles. The van der Waals surface area contributed by atoms with Crippen LogP contribution in [0.1, 0.15) is 43.8 Å². The highest BCUT2D eigenvalue weighted by molar-refractivity contribution is 5.89. The van der Waals surface area contributed by atoms with E-state index >= 15 is 0 Å². The first-order valence-electron chi connectivity index (χ1n) is 7.74. The molecule has 0 amide bonds. The molecule has 1 aromatic rings. The number of hydrogen-bond donors (Lipinski definition) is 0. The number of ketones is 1. The fourth-order valence-corrected chi connectivity index (χ4v) is 4.39. The summed E-state index contributed by atoms with van der Waals surface area (Å²) >= 11 is 0. The number of fused-ring (bicyclic) bond motifs is 3. The van der Waals surface area contributed by atoms with E-state index in [0.29, 0.717) is 18.1 Å². The Hall–Kier alpha value is -1.96. The lowest BCUT2D eigenvalue weighted by molar-refractivity contribution is -0.129. The van der Waals surface area contributed by atoms with Gasteiger partial charge >= 0.3 is 0 Å². The van der Waals surface area contributed by atoms with Crippen LogP contribution in [0.2, 0.25) is 0 Å². The Bertz CT molecular complexity index is 679. The zero-order chi connectivity index (χ0) is 16.1. The number of carbonyl (C=O) groups excluding carboxylic acids is 1. The van der Waals surface area contributed by atoms with Crippen molar-refractivity contribution in [3.63, 3.8) is 0 Å². The molecule has 1 unspecified atom stereocenters. The van der Waals surface area contributed by atoms with Crippen LogP contribution < -0.4 is 4.74 Å². The first-order valence-corrected chi connectivity index (χ1v) is 7.74. The van der Waals surface area contributed by atoms with Crippen LogP contribution in [-0.4, -0.2) is 28.9 Å². The summed E-state index contributed by atoms with van der Waals surface area (Å²) in [4.78, 5) is 25.1. The fraction of sp³-hybridized carbons (Fsp3) is 0.647. The number of hydrogen-bond acceptors (Lipinski definition) is 4. The maximum absolute atomic E-state index is 12.4. The van der Waals surface area contributed by atoms with Gasteiger partial charge in [0.15, 0.2) is 0 Å². The second-order valence-corrected chi connectivity index (χ2v) is 6.71. The van der Waals surface area contributed by atoms with Crippen molar-refractivity contribution in [3.05, 3.63) is 28.5 Å². The van der Waals surface area contributed by atoms with Gasteiger partial charge in [-0.05, 0) is 25.7 Å². The third-order valence-corrected chi connectivity index (χ3v) is 5.49. The minimum absolute atomic E-state index is 0.0905. The van der Waals surface area contributed by atoms with Crippen LogP contribution in [0.25, 0.3) is 4.85 Å². The number of ether oxygens (including phenoxy) is 1. The Kier molecular flexibility index (Phi) is 3.43. The molecule has 0 N–H and O–H groups in total. The van der Waals surface area contributed by atoms with Gasteiger partial charge in [-0.25, -0.2) is 11.6 Å². The zero-order valence-electron chi connectivity index (χ0n) is 13.5. The van der Waals surface area contributed by atoms with E-state index in [1.54, 1.807) is 7.11 Å². The SMILES string of the molecule is [C-]#[N+]C1C[C@]2(C)c3nc(C)nc(OC)c3CC[C@H]2[C@H](C)C1=O. The van der Waals surface area contributed by atoms with Gasteiger partial charge in [0.1, 0.15) is 5.82 Å². The molecule has 1 aromatic heterocycles. The number of Topliss-reactive ketones (excluding diaryl/α,β-unsaturated/α-hetero) is 1. The zero-order valence-corrected chi connectivity index (χ0v) is 13.5. The van der Waals surface area contributed by atoms with E-state index in [4.69, 9.17) is 16.3 Å². The van der Waals surface area contributed by atoms with Gasteiger partial charge in [0.2, 0.25) is 11.7 Å². The highest BCUT2D eigenvalue weighted by Crippen LogP contribution is 2.52. The van der Waals surface area contributed by atoms with E-state index in [1.807, 2.05) is 13.8 Å². The van der Waals surface area contributed by atoms with E-state index < -0.39 is 6.04 Å². The minimum atomic E-state index is -0.552. The Morgan fingerprint density at radius 1 is 1.41 bits per heavy atom. The molecule has 0 radical (unpaired) electrons. The molecule has 1 heterocycles. The fourth-order valence-electron chi connectivity index (χ4n) is 4.39. The second kappa shape index (κ2) is 5.05. The highest BCUT2D eigenvalue weighted by Gasteiger charge is 2.55. The van der Waals surface area contributed by atoms with Crippen LogP contribution in [0.15, 0.2) is 0 Å². The molecule has 0 bridgehead atoms. The molecular formula is C17H21N3O2. The number of aryl methyl sites for hydroxylation is 1. The van der Waals surface area contributed by atoms with Crippen molar-refractivity contribution in [2.75, 3.05) is 7.11 Å². The number of rotatable bonds is 1. The van der Waals surface area contributed by atoms with Crippen molar-refractivity contribution >= 4 is 5.78 Å². The molecule has 0 saturated heterocycles. The monoisotopic (exact) mass is 299 g/mol. The maximum Gasteiger partial charge on any atom is 0.282 e. The summed E-state index contributed by atoms with van der Waals surface area (Å²) in [7, 11) is 1.63. The predicted octanol–water partition coefficient (Wildman–Crippen LogP) is 2.51. The van der Waals surface area contributed by atoms with E-state index in [0.717, 1.165) is 24.1 Å². The molecule has 2 aliphatic rings. The predicted molar refractivity (Wildman–Crippen MR) is 81.7 cm³/mol. The molecule has 22 heavy (non-hydrogen) atoms. The third-order valence-electron chi connectivity index (χ3n) is 5.49. The molecule has 0 spiro atoms. The summed E-state index contributed by atoms with van der Waals surface area (Å²) in [5, 5.41) is 0. The summed E-state index contributed by atoms with van der Waals surface area (Å²) in [5.74, 6) is 1.57. The number of nitrogens with zero attached hydrogens (tertiary/aromatic N) is 3. The molecule has 0 aliphatic heterocycles. The first-order chi connectivity index (χ1) is 10.4. The molecule has 5 heteroatoms. The van der Waals surface area contributed by atoms with Crippen molar-refractivity contribution in [3.8, 4) is 5.88 Å². The lowest BCUT2D eigenvalue weighted by Gasteiger charge is -2.47. The van der Waals surface area contributed by atoms with Crippen molar-refractivity contribution in [2.45, 2.75) is 51.5 Å². The van der Waals surface area contributed by atoms with Gasteiger partial charge in [-0.1, -0.05) is 13.8 Å². The maximum atomic E-state index is 12.4. The Labute approximate surface area is 130 Å². The third kappa shape index (κ3) is 1.93. The first kappa shape index (κ1) is 15.0. The average molecular weight is 299 g/mol. The smallest absolute Gasteiger partial charge is 0.282 e. The van der Waals surface area contributed by atoms with Crippen molar-refractivity contribution in [2.24, 2.45) is 11.8 Å². The normalized spacial score (nSPS) is 33.6. The lowest BCUT2D eigenvalue weighted by atomic mass is 9.55. The second-order valence-electron chi connectivity index (χ2n) is 6.71.